The Morgan fingerprint density at radius 3 is 0.333 bits per heavy atom. The van der Waals surface area contributed by atoms with Gasteiger partial charge in [0.2, 0.25) is 0 Å². The zero-order valence-electron chi connectivity index (χ0n) is 12.6. The van der Waals surface area contributed by atoms with Crippen LogP contribution in [-0.4, -0.2) is 180 Å². The molecule has 0 amide bonds. The van der Waals surface area contributed by atoms with Crippen LogP contribution in [0.15, 0.2) is 0 Å². The quantitative estimate of drug-likeness (QED) is 0.0578. The Bertz CT molecular complexity index is 730. The molecule has 33 heavy (non-hydrogen) atoms. The first-order valence-corrected chi connectivity index (χ1v) is 11.2. The number of hydrogen-bond acceptors (Lipinski definition) is 20. The van der Waals surface area contributed by atoms with Crippen molar-refractivity contribution in [2.24, 2.45) is 0 Å². The Morgan fingerprint density at radius 1 is 0.303 bits per heavy atom. The van der Waals surface area contributed by atoms with Crippen molar-refractivity contribution in [2.45, 2.75) is 0 Å². The predicted molar refractivity (Wildman–Crippen MR) is 97.8 cm³/mol. The van der Waals surface area contributed by atoms with Gasteiger partial charge in [0.05, 0.1) is 0 Å². The van der Waals surface area contributed by atoms with Gasteiger partial charge in [0.15, 0.2) is 0 Å². The molecular weight excluding hydrogens is 629 g/mol. The first kappa shape index (κ1) is 55.6. The van der Waals surface area contributed by atoms with Crippen molar-refractivity contribution < 1.29 is 113 Å². The molecule has 0 aromatic heterocycles. The van der Waals surface area contributed by atoms with Gasteiger partial charge in [0, 0.05) is 0 Å². The zero-order chi connectivity index (χ0) is 26.0. The van der Waals surface area contributed by atoms with E-state index in [1.165, 1.54) is 0 Å². The topological polar surface area (TPSA) is 419 Å². The summed E-state index contributed by atoms with van der Waals surface area (Å²) >= 11 is 0. The van der Waals surface area contributed by atoms with E-state index in [0.29, 0.717) is 0 Å². The van der Waals surface area contributed by atoms with E-state index in [1.807, 2.05) is 0 Å². The number of hydrogen-bond donors (Lipinski definition) is 10. The van der Waals surface area contributed by atoms with Gasteiger partial charge in [-0.2, -0.15) is 42.1 Å². The van der Waals surface area contributed by atoms with Crippen LogP contribution in [0.4, 0.5) is 0 Å². The molecule has 0 unspecified atom stereocenters. The molecule has 0 aliphatic heterocycles. The van der Waals surface area contributed by atoms with Gasteiger partial charge in [-0.05, 0) is 0 Å². The van der Waals surface area contributed by atoms with Crippen molar-refractivity contribution in [3.63, 3.8) is 0 Å². The Balaban J connectivity index is -0.0000000386. The first-order valence-electron chi connectivity index (χ1n) is 4.33. The van der Waals surface area contributed by atoms with Gasteiger partial charge in [-0.1, -0.05) is 21.7 Å². The second-order valence-electron chi connectivity index (χ2n) is 2.51. The van der Waals surface area contributed by atoms with Crippen LogP contribution in [0.1, 0.15) is 0 Å². The minimum atomic E-state index is -4.61. The summed E-state index contributed by atoms with van der Waals surface area (Å²) in [6, 6.07) is 0. The van der Waals surface area contributed by atoms with E-state index >= 15 is 0 Å². The molecule has 0 saturated carbocycles. The van der Waals surface area contributed by atoms with Crippen LogP contribution in [0, 0.1) is 0 Å². The zero-order valence-corrected chi connectivity index (χ0v) is 16.7. The van der Waals surface area contributed by atoms with Crippen LogP contribution in [0.5, 0.6) is 0 Å². The normalized spacial score (nSPS) is 10.6. The van der Waals surface area contributed by atoms with Crippen LogP contribution in [-0.2, 0) is 73.7 Å². The van der Waals surface area contributed by atoms with Gasteiger partial charge < -0.3 is 0 Å². The van der Waals surface area contributed by atoms with Crippen molar-refractivity contribution in [1.29, 1.82) is 0 Å². The van der Waals surface area contributed by atoms with Gasteiger partial charge in [0.1, 0.15) is 0 Å². The second-order valence-corrected chi connectivity index (χ2v) is 7.53. The third-order valence-corrected chi connectivity index (χ3v) is 1.41. The molecule has 0 aliphatic rings. The predicted octanol–water partition coefficient (Wildman–Crippen LogP) is -5.55. The molecule has 0 rings (SSSR count). The Morgan fingerprint density at radius 2 is 0.333 bits per heavy atom. The van der Waals surface area contributed by atoms with E-state index in [0.717, 1.165) is 0 Å². The molecule has 0 bridgehead atoms. The first-order chi connectivity index (χ1) is 12.8. The molecule has 0 radical (unpaired) electrons. The van der Waals surface area contributed by atoms with Crippen LogP contribution >= 0.6 is 0 Å². The maximum absolute atomic E-state index is 9.08. The summed E-state index contributed by atoms with van der Waals surface area (Å²) in [7, 11) is -23.0. The van der Waals surface area contributed by atoms with Crippen molar-refractivity contribution >= 4 is 141 Å². The molecular formula is H13Na3O25S5. The molecule has 25 nitrogen and oxygen atoms in total. The molecule has 33 heteroatoms. The Kier molecular flexibility index (Phi) is 45.8. The van der Waals surface area contributed by atoms with Gasteiger partial charge in [0.25, 0.3) is 0 Å². The van der Waals surface area contributed by atoms with Crippen LogP contribution in [0.2, 0.25) is 0 Å². The van der Waals surface area contributed by atoms with Gasteiger partial charge in [-0.15, -0.1) is 0 Å². The van der Waals surface area contributed by atoms with Crippen LogP contribution in [0.25, 0.3) is 0 Å². The summed E-state index contributed by atoms with van der Waals surface area (Å²) in [4.78, 5) is 0. The summed E-state index contributed by atoms with van der Waals surface area (Å²) in [5.74, 6) is 0. The van der Waals surface area contributed by atoms with E-state index < -0.39 is 52.0 Å². The summed E-state index contributed by atoms with van der Waals surface area (Å²) in [6.45, 7) is 0. The molecule has 0 atom stereocenters. The van der Waals surface area contributed by atoms with Crippen molar-refractivity contribution in [3.8, 4) is 0 Å². The molecule has 0 aromatic rings. The van der Waals surface area contributed by atoms with Gasteiger partial charge >= 0.3 is 141 Å². The molecule has 0 fully saturated rings. The van der Waals surface area contributed by atoms with Crippen molar-refractivity contribution in [2.75, 3.05) is 0 Å². The molecule has 0 aromatic carbocycles. The van der Waals surface area contributed by atoms with E-state index in [2.05, 4.69) is 21.7 Å². The van der Waals surface area contributed by atoms with Crippen molar-refractivity contribution in [3.05, 3.63) is 0 Å². The fraction of sp³-hybridized carbons (Fsp3) is 0. The third kappa shape index (κ3) is 120. The monoisotopic (exact) mass is 642 g/mol. The average Bonchev–Trinajstić information content (AvgIpc) is 2.54. The maximum atomic E-state index is 9.08. The molecule has 0 heterocycles. The van der Waals surface area contributed by atoms with E-state index in [9.17, 15) is 0 Å². The molecule has 0 aliphatic carbocycles. The van der Waals surface area contributed by atoms with Crippen LogP contribution in [0.3, 0.4) is 0 Å². The number of rotatable bonds is 5. The van der Waals surface area contributed by atoms with Gasteiger partial charge in [-0.25, -0.2) is 26.3 Å². The Labute approximate surface area is 250 Å². The summed E-state index contributed by atoms with van der Waals surface area (Å²) in [5, 5.41) is 35.3. The fourth-order valence-corrected chi connectivity index (χ4v) is 0. The molecule has 196 valence electrons. The Hall–Kier alpha value is 2.15. The van der Waals surface area contributed by atoms with E-state index in [1.54, 1.807) is 0 Å². The minimum absolute atomic E-state index is 0. The molecule has 0 saturated heterocycles. The van der Waals surface area contributed by atoms with Crippen LogP contribution < -0.4 is 0 Å². The summed E-state index contributed by atoms with van der Waals surface area (Å²) < 4.78 is 140. The van der Waals surface area contributed by atoms with Crippen molar-refractivity contribution in [1.82, 2.24) is 0 Å². The van der Waals surface area contributed by atoms with E-state index in [4.69, 9.17) is 91.1 Å². The summed E-state index contributed by atoms with van der Waals surface area (Å²) in [5.41, 5.74) is 0. The van der Waals surface area contributed by atoms with Gasteiger partial charge in [-0.3, -0.25) is 22.8 Å². The molecule has 0 spiro atoms. The fourth-order valence-electron chi connectivity index (χ4n) is 0. The third-order valence-electron chi connectivity index (χ3n) is 0.471. The van der Waals surface area contributed by atoms with E-state index in [-0.39, 0.29) is 88.7 Å². The average molecular weight is 642 g/mol. The summed E-state index contributed by atoms with van der Waals surface area (Å²) in [6.07, 6.45) is 0. The standard InChI is InChI=1S/3Na.5H2O5S.3H/c;;;5*1-5-6(2,3)4;;;/h;;;5*1H,(H,2,3,4);;;. The second kappa shape index (κ2) is 27.2. The molecule has 10 N–H and O–H groups in total. The SMILES string of the molecule is O=S(=O)(O)OO.O=S(=O)(O)OO.O=S(=O)(O)OO.O=S(=O)(O)OO.O=S(=O)(O)OO.[NaH].[NaH].[NaH].